The van der Waals surface area contributed by atoms with Crippen molar-refractivity contribution in [2.24, 2.45) is 0 Å². The van der Waals surface area contributed by atoms with Crippen LogP contribution in [0.4, 0.5) is 5.82 Å². The summed E-state index contributed by atoms with van der Waals surface area (Å²) in [5.74, 6) is -0.335. The number of hydrogen-bond donors (Lipinski definition) is 1. The van der Waals surface area contributed by atoms with Crippen molar-refractivity contribution in [2.75, 3.05) is 31.7 Å². The Bertz CT molecular complexity index is 616. The minimum atomic E-state index is -0.910. The van der Waals surface area contributed by atoms with Crippen LogP contribution in [0.5, 0.6) is 0 Å². The first-order valence-electron chi connectivity index (χ1n) is 6.31. The molecule has 1 aromatic heterocycles. The topological polar surface area (TPSA) is 75.5 Å². The fourth-order valence-electron chi connectivity index (χ4n) is 2.08. The van der Waals surface area contributed by atoms with E-state index in [1.807, 2.05) is 31.2 Å². The van der Waals surface area contributed by atoms with E-state index < -0.39 is 5.97 Å². The molecule has 0 aliphatic heterocycles. The molecule has 2 rings (SSSR count). The van der Waals surface area contributed by atoms with E-state index >= 15 is 0 Å². The van der Waals surface area contributed by atoms with Crippen LogP contribution >= 0.6 is 0 Å². The number of ether oxygens (including phenoxy) is 1. The van der Waals surface area contributed by atoms with Gasteiger partial charge in [-0.15, -0.1) is 5.10 Å². The fourth-order valence-corrected chi connectivity index (χ4v) is 2.08. The lowest BCUT2D eigenvalue weighted by atomic mass is 10.1. The molecule has 106 valence electrons. The molecule has 0 radical (unpaired) electrons. The number of anilines is 1. The second-order valence-corrected chi connectivity index (χ2v) is 4.46. The van der Waals surface area contributed by atoms with Gasteiger partial charge < -0.3 is 14.7 Å². The Hall–Kier alpha value is -2.21. The van der Waals surface area contributed by atoms with E-state index in [0.29, 0.717) is 19.0 Å². The fraction of sp³-hybridized carbons (Fsp3) is 0.357. The van der Waals surface area contributed by atoms with E-state index in [9.17, 15) is 4.79 Å². The number of carboxylic acid groups (broad SMARTS) is 1. The highest BCUT2D eigenvalue weighted by atomic mass is 16.5. The van der Waals surface area contributed by atoms with Crippen LogP contribution in [0.3, 0.4) is 0 Å². The lowest BCUT2D eigenvalue weighted by Crippen LogP contribution is -2.33. The monoisotopic (exact) mass is 275 g/mol. The van der Waals surface area contributed by atoms with E-state index in [-0.39, 0.29) is 6.54 Å². The summed E-state index contributed by atoms with van der Waals surface area (Å²) in [6, 6.07) is 7.71. The van der Waals surface area contributed by atoms with E-state index in [2.05, 4.69) is 10.2 Å². The van der Waals surface area contributed by atoms with Gasteiger partial charge in [0.2, 0.25) is 0 Å². The molecule has 0 atom stereocenters. The first-order valence-corrected chi connectivity index (χ1v) is 6.31. The number of rotatable bonds is 6. The molecule has 6 heteroatoms. The molecule has 6 nitrogen and oxygen atoms in total. The molecule has 0 saturated carbocycles. The van der Waals surface area contributed by atoms with Crippen LogP contribution in [0, 0.1) is 6.92 Å². The van der Waals surface area contributed by atoms with Crippen LogP contribution in [-0.2, 0) is 9.53 Å². The number of fused-ring (bicyclic) bond motifs is 1. The molecule has 1 N–H and O–H groups in total. The lowest BCUT2D eigenvalue weighted by Gasteiger charge is -2.22. The predicted octanol–water partition coefficient (Wildman–Crippen LogP) is 1.48. The summed E-state index contributed by atoms with van der Waals surface area (Å²) in [4.78, 5) is 12.7. The van der Waals surface area contributed by atoms with E-state index in [1.165, 1.54) is 0 Å². The molecule has 1 heterocycles. The average molecular weight is 275 g/mol. The molecule has 0 fully saturated rings. The Kier molecular flexibility index (Phi) is 4.47. The van der Waals surface area contributed by atoms with Crippen LogP contribution in [0.15, 0.2) is 24.3 Å². The van der Waals surface area contributed by atoms with Gasteiger partial charge in [-0.1, -0.05) is 24.3 Å². The molecule has 0 spiro atoms. The third kappa shape index (κ3) is 3.03. The molecule has 0 amide bonds. The highest BCUT2D eigenvalue weighted by Gasteiger charge is 2.16. The highest BCUT2D eigenvalue weighted by molar-refractivity contribution is 5.94. The van der Waals surface area contributed by atoms with Crippen molar-refractivity contribution in [1.82, 2.24) is 10.2 Å². The van der Waals surface area contributed by atoms with Crippen molar-refractivity contribution in [3.63, 3.8) is 0 Å². The van der Waals surface area contributed by atoms with Gasteiger partial charge in [0.15, 0.2) is 5.82 Å². The highest BCUT2D eigenvalue weighted by Crippen LogP contribution is 2.25. The van der Waals surface area contributed by atoms with Crippen LogP contribution in [0.2, 0.25) is 0 Å². The zero-order valence-electron chi connectivity index (χ0n) is 11.5. The quantitative estimate of drug-likeness (QED) is 0.860. The standard InChI is InChI=1S/C14H17N3O3/c1-10-11-5-3-4-6-12(11)14(16-15-10)17(7-8-20-2)9-13(18)19/h3-6H,7-9H2,1-2H3,(H,18,19). The molecule has 1 aromatic carbocycles. The number of methoxy groups -OCH3 is 1. The first kappa shape index (κ1) is 14.2. The van der Waals surface area contributed by atoms with Gasteiger partial charge >= 0.3 is 5.97 Å². The second-order valence-electron chi connectivity index (χ2n) is 4.46. The Balaban J connectivity index is 2.46. The van der Waals surface area contributed by atoms with Crippen molar-refractivity contribution in [3.8, 4) is 0 Å². The Morgan fingerprint density at radius 1 is 1.30 bits per heavy atom. The largest absolute Gasteiger partial charge is 0.480 e. The number of benzene rings is 1. The summed E-state index contributed by atoms with van der Waals surface area (Å²) in [5.41, 5.74) is 0.825. The van der Waals surface area contributed by atoms with Crippen molar-refractivity contribution >= 4 is 22.6 Å². The molecule has 2 aromatic rings. The van der Waals surface area contributed by atoms with Crippen molar-refractivity contribution in [3.05, 3.63) is 30.0 Å². The molecular formula is C14H17N3O3. The lowest BCUT2D eigenvalue weighted by molar-refractivity contribution is -0.135. The molecule has 20 heavy (non-hydrogen) atoms. The maximum Gasteiger partial charge on any atom is 0.323 e. The first-order chi connectivity index (χ1) is 9.63. The van der Waals surface area contributed by atoms with Crippen molar-refractivity contribution in [1.29, 1.82) is 0 Å². The summed E-state index contributed by atoms with van der Waals surface area (Å²) < 4.78 is 5.03. The third-order valence-electron chi connectivity index (χ3n) is 3.04. The van der Waals surface area contributed by atoms with Gasteiger partial charge in [-0.2, -0.15) is 5.10 Å². The maximum atomic E-state index is 11.0. The summed E-state index contributed by atoms with van der Waals surface area (Å²) >= 11 is 0. The predicted molar refractivity (Wildman–Crippen MR) is 76.0 cm³/mol. The zero-order chi connectivity index (χ0) is 14.5. The number of hydrogen-bond acceptors (Lipinski definition) is 5. The van der Waals surface area contributed by atoms with Gasteiger partial charge in [0.05, 0.1) is 12.3 Å². The minimum Gasteiger partial charge on any atom is -0.480 e. The molecule has 0 aliphatic rings. The van der Waals surface area contributed by atoms with Crippen molar-refractivity contribution in [2.45, 2.75) is 6.92 Å². The SMILES string of the molecule is COCCN(CC(=O)O)c1nnc(C)c2ccccc12. The summed E-state index contributed by atoms with van der Waals surface area (Å²) in [6.45, 7) is 2.63. The van der Waals surface area contributed by atoms with Gasteiger partial charge in [-0.3, -0.25) is 4.79 Å². The number of aliphatic carboxylic acids is 1. The summed E-state index contributed by atoms with van der Waals surface area (Å²) in [7, 11) is 1.58. The van der Waals surface area contributed by atoms with E-state index in [1.54, 1.807) is 12.0 Å². The molecular weight excluding hydrogens is 258 g/mol. The zero-order valence-corrected chi connectivity index (χ0v) is 11.5. The van der Waals surface area contributed by atoms with E-state index in [0.717, 1.165) is 16.5 Å². The van der Waals surface area contributed by atoms with Crippen LogP contribution < -0.4 is 4.90 Å². The van der Waals surface area contributed by atoms with Gasteiger partial charge in [-0.05, 0) is 6.92 Å². The van der Waals surface area contributed by atoms with E-state index in [4.69, 9.17) is 9.84 Å². The average Bonchev–Trinajstić information content (AvgIpc) is 2.44. The van der Waals surface area contributed by atoms with Gasteiger partial charge in [0.25, 0.3) is 0 Å². The van der Waals surface area contributed by atoms with Crippen LogP contribution in [0.1, 0.15) is 5.69 Å². The van der Waals surface area contributed by atoms with Crippen molar-refractivity contribution < 1.29 is 14.6 Å². The number of nitrogens with zero attached hydrogens (tertiary/aromatic N) is 3. The normalized spacial score (nSPS) is 10.7. The smallest absolute Gasteiger partial charge is 0.323 e. The molecule has 0 saturated heterocycles. The summed E-state index contributed by atoms with van der Waals surface area (Å²) in [6.07, 6.45) is 0. The number of carbonyl (C=O) groups is 1. The van der Waals surface area contributed by atoms with Gasteiger partial charge in [0, 0.05) is 24.4 Å². The molecule has 0 bridgehead atoms. The maximum absolute atomic E-state index is 11.0. The van der Waals surface area contributed by atoms with Gasteiger partial charge in [-0.25, -0.2) is 0 Å². The molecule has 0 aliphatic carbocycles. The Morgan fingerprint density at radius 3 is 2.65 bits per heavy atom. The number of aromatic nitrogens is 2. The third-order valence-corrected chi connectivity index (χ3v) is 3.04. The summed E-state index contributed by atoms with van der Waals surface area (Å²) in [5, 5.41) is 19.2. The minimum absolute atomic E-state index is 0.134. The molecule has 0 unspecified atom stereocenters. The van der Waals surface area contributed by atoms with Gasteiger partial charge in [0.1, 0.15) is 6.54 Å². The number of carboxylic acids is 1. The Labute approximate surface area is 117 Å². The Morgan fingerprint density at radius 2 is 2.00 bits per heavy atom. The van der Waals surface area contributed by atoms with Crippen LogP contribution in [0.25, 0.3) is 10.8 Å². The van der Waals surface area contributed by atoms with Crippen LogP contribution in [-0.4, -0.2) is 48.1 Å². The number of aryl methyl sites for hydroxylation is 1. The second kappa shape index (κ2) is 6.29.